The SMILES string of the molecule is Cc1cccn2cc(CNC(=O)CCC(=O)Nc3ccccc3C(C)(C)C)nc12. The van der Waals surface area contributed by atoms with E-state index in [2.05, 4.69) is 36.4 Å². The fraction of sp³-hybridized carbons (Fsp3) is 0.348. The van der Waals surface area contributed by atoms with Gasteiger partial charge in [0.1, 0.15) is 5.65 Å². The third-order valence-electron chi connectivity index (χ3n) is 4.78. The van der Waals surface area contributed by atoms with Gasteiger partial charge < -0.3 is 15.0 Å². The first-order valence-electron chi connectivity index (χ1n) is 9.83. The monoisotopic (exact) mass is 392 g/mol. The van der Waals surface area contributed by atoms with Gasteiger partial charge in [-0.05, 0) is 35.6 Å². The largest absolute Gasteiger partial charge is 0.350 e. The van der Waals surface area contributed by atoms with Crippen LogP contribution in [0.25, 0.3) is 5.65 Å². The Hall–Kier alpha value is -3.15. The highest BCUT2D eigenvalue weighted by molar-refractivity contribution is 5.94. The van der Waals surface area contributed by atoms with Gasteiger partial charge in [0.15, 0.2) is 0 Å². The van der Waals surface area contributed by atoms with E-state index >= 15 is 0 Å². The number of nitrogens with zero attached hydrogens (tertiary/aromatic N) is 2. The number of rotatable bonds is 6. The molecule has 2 heterocycles. The molecule has 0 spiro atoms. The van der Waals surface area contributed by atoms with Gasteiger partial charge in [-0.1, -0.05) is 45.0 Å². The van der Waals surface area contributed by atoms with E-state index in [9.17, 15) is 9.59 Å². The Morgan fingerprint density at radius 2 is 1.76 bits per heavy atom. The van der Waals surface area contributed by atoms with Crippen molar-refractivity contribution >= 4 is 23.1 Å². The molecular weight excluding hydrogens is 364 g/mol. The summed E-state index contributed by atoms with van der Waals surface area (Å²) in [5, 5.41) is 5.78. The van der Waals surface area contributed by atoms with Crippen molar-refractivity contribution in [1.82, 2.24) is 14.7 Å². The first-order chi connectivity index (χ1) is 13.7. The van der Waals surface area contributed by atoms with Crippen LogP contribution in [0.2, 0.25) is 0 Å². The number of benzene rings is 1. The molecule has 2 aromatic heterocycles. The molecule has 6 nitrogen and oxygen atoms in total. The highest BCUT2D eigenvalue weighted by Crippen LogP contribution is 2.29. The molecule has 0 fully saturated rings. The van der Waals surface area contributed by atoms with Gasteiger partial charge >= 0.3 is 0 Å². The van der Waals surface area contributed by atoms with Crippen LogP contribution in [0.5, 0.6) is 0 Å². The summed E-state index contributed by atoms with van der Waals surface area (Å²) in [5.41, 5.74) is 4.54. The molecule has 0 atom stereocenters. The van der Waals surface area contributed by atoms with Gasteiger partial charge in [-0.25, -0.2) is 4.98 Å². The first kappa shape index (κ1) is 20.6. The summed E-state index contributed by atoms with van der Waals surface area (Å²) in [7, 11) is 0. The summed E-state index contributed by atoms with van der Waals surface area (Å²) in [5.74, 6) is -0.335. The lowest BCUT2D eigenvalue weighted by atomic mass is 9.86. The molecule has 0 aliphatic rings. The Kier molecular flexibility index (Phi) is 6.01. The molecule has 0 unspecified atom stereocenters. The number of imidazole rings is 1. The van der Waals surface area contributed by atoms with Crippen LogP contribution in [0.1, 0.15) is 50.4 Å². The molecule has 2 N–H and O–H groups in total. The van der Waals surface area contributed by atoms with Gasteiger partial charge in [-0.3, -0.25) is 9.59 Å². The summed E-state index contributed by atoms with van der Waals surface area (Å²) in [6.07, 6.45) is 4.10. The van der Waals surface area contributed by atoms with E-state index in [-0.39, 0.29) is 30.1 Å². The quantitative estimate of drug-likeness (QED) is 0.666. The van der Waals surface area contributed by atoms with Crippen LogP contribution in [0.4, 0.5) is 5.69 Å². The second-order valence-corrected chi connectivity index (χ2v) is 8.27. The molecule has 0 radical (unpaired) electrons. The standard InChI is InChI=1S/C23H28N4O2/c1-16-8-7-13-27-15-17(25-22(16)27)14-24-20(28)11-12-21(29)26-19-10-6-5-9-18(19)23(2,3)4/h5-10,13,15H,11-12,14H2,1-4H3,(H,24,28)(H,26,29). The summed E-state index contributed by atoms with van der Waals surface area (Å²) < 4.78 is 1.94. The lowest BCUT2D eigenvalue weighted by Gasteiger charge is -2.23. The zero-order valence-electron chi connectivity index (χ0n) is 17.5. The molecular formula is C23H28N4O2. The second-order valence-electron chi connectivity index (χ2n) is 8.27. The number of amides is 2. The molecule has 6 heteroatoms. The number of pyridine rings is 1. The van der Waals surface area contributed by atoms with Gasteiger partial charge in [0.2, 0.25) is 11.8 Å². The summed E-state index contributed by atoms with van der Waals surface area (Å²) in [4.78, 5) is 29.0. The second kappa shape index (κ2) is 8.47. The van der Waals surface area contributed by atoms with E-state index in [1.807, 2.05) is 60.1 Å². The Morgan fingerprint density at radius 1 is 1.03 bits per heavy atom. The van der Waals surface area contributed by atoms with Crippen molar-refractivity contribution in [3.8, 4) is 0 Å². The number of hydrogen-bond donors (Lipinski definition) is 2. The highest BCUT2D eigenvalue weighted by Gasteiger charge is 2.18. The molecule has 29 heavy (non-hydrogen) atoms. The minimum Gasteiger partial charge on any atom is -0.350 e. The van der Waals surface area contributed by atoms with E-state index < -0.39 is 0 Å². The number of hydrogen-bond acceptors (Lipinski definition) is 3. The predicted molar refractivity (Wildman–Crippen MR) is 115 cm³/mol. The number of nitrogens with one attached hydrogen (secondary N) is 2. The summed E-state index contributed by atoms with van der Waals surface area (Å²) in [6, 6.07) is 11.7. The molecule has 0 aliphatic carbocycles. The fourth-order valence-corrected chi connectivity index (χ4v) is 3.25. The van der Waals surface area contributed by atoms with Gasteiger partial charge in [0.05, 0.1) is 12.2 Å². The van der Waals surface area contributed by atoms with Crippen LogP contribution in [-0.2, 0) is 21.5 Å². The smallest absolute Gasteiger partial charge is 0.224 e. The summed E-state index contributed by atoms with van der Waals surface area (Å²) in [6.45, 7) is 8.65. The maximum atomic E-state index is 12.3. The zero-order valence-corrected chi connectivity index (χ0v) is 17.5. The molecule has 152 valence electrons. The Morgan fingerprint density at radius 3 is 2.48 bits per heavy atom. The van der Waals surface area contributed by atoms with Crippen LogP contribution >= 0.6 is 0 Å². The molecule has 0 saturated carbocycles. The van der Waals surface area contributed by atoms with E-state index in [1.54, 1.807) is 0 Å². The predicted octanol–water partition coefficient (Wildman–Crippen LogP) is 3.98. The lowest BCUT2D eigenvalue weighted by Crippen LogP contribution is -2.25. The van der Waals surface area contributed by atoms with Gasteiger partial charge in [-0.15, -0.1) is 0 Å². The van der Waals surface area contributed by atoms with E-state index in [1.165, 1.54) is 0 Å². The lowest BCUT2D eigenvalue weighted by molar-refractivity contribution is -0.124. The normalized spacial score (nSPS) is 11.4. The number of fused-ring (bicyclic) bond motifs is 1. The molecule has 3 aromatic rings. The van der Waals surface area contributed by atoms with Gasteiger partial charge in [0, 0.05) is 30.9 Å². The van der Waals surface area contributed by atoms with Crippen molar-refractivity contribution in [2.45, 2.75) is 52.5 Å². The maximum Gasteiger partial charge on any atom is 0.224 e. The van der Waals surface area contributed by atoms with Crippen molar-refractivity contribution in [3.63, 3.8) is 0 Å². The van der Waals surface area contributed by atoms with Gasteiger partial charge in [0.25, 0.3) is 0 Å². The number of aromatic nitrogens is 2. The molecule has 2 amide bonds. The van der Waals surface area contributed by atoms with Crippen molar-refractivity contribution in [2.24, 2.45) is 0 Å². The third kappa shape index (κ3) is 5.22. The minimum atomic E-state index is -0.168. The zero-order chi connectivity index (χ0) is 21.0. The number of carbonyl (C=O) groups excluding carboxylic acids is 2. The molecule has 0 bridgehead atoms. The number of aryl methyl sites for hydroxylation is 1. The van der Waals surface area contributed by atoms with Gasteiger partial charge in [-0.2, -0.15) is 0 Å². The van der Waals surface area contributed by atoms with Crippen molar-refractivity contribution in [1.29, 1.82) is 0 Å². The number of anilines is 1. The Bertz CT molecular complexity index is 1030. The Balaban J connectivity index is 1.50. The Labute approximate surface area is 171 Å². The highest BCUT2D eigenvalue weighted by atomic mass is 16.2. The van der Waals surface area contributed by atoms with Crippen LogP contribution in [0, 0.1) is 6.92 Å². The summed E-state index contributed by atoms with van der Waals surface area (Å²) >= 11 is 0. The van der Waals surface area contributed by atoms with E-state index in [0.29, 0.717) is 6.54 Å². The fourth-order valence-electron chi connectivity index (χ4n) is 3.25. The third-order valence-corrected chi connectivity index (χ3v) is 4.78. The minimum absolute atomic E-state index is 0.0757. The van der Waals surface area contributed by atoms with E-state index in [0.717, 1.165) is 28.2 Å². The maximum absolute atomic E-state index is 12.3. The number of para-hydroxylation sites is 1. The van der Waals surface area contributed by atoms with Crippen LogP contribution in [0.15, 0.2) is 48.8 Å². The molecule has 0 aliphatic heterocycles. The van der Waals surface area contributed by atoms with Crippen molar-refractivity contribution < 1.29 is 9.59 Å². The molecule has 3 rings (SSSR count). The van der Waals surface area contributed by atoms with Crippen LogP contribution in [0.3, 0.4) is 0 Å². The van der Waals surface area contributed by atoms with Crippen molar-refractivity contribution in [2.75, 3.05) is 5.32 Å². The van der Waals surface area contributed by atoms with Crippen molar-refractivity contribution in [3.05, 3.63) is 65.6 Å². The van der Waals surface area contributed by atoms with Crippen LogP contribution in [-0.4, -0.2) is 21.2 Å². The average Bonchev–Trinajstić information content (AvgIpc) is 3.09. The van der Waals surface area contributed by atoms with Crippen LogP contribution < -0.4 is 10.6 Å². The molecule has 0 saturated heterocycles. The average molecular weight is 393 g/mol. The molecule has 1 aromatic carbocycles. The van der Waals surface area contributed by atoms with E-state index in [4.69, 9.17) is 0 Å². The topological polar surface area (TPSA) is 75.5 Å². The first-order valence-corrected chi connectivity index (χ1v) is 9.83. The number of carbonyl (C=O) groups is 2.